The van der Waals surface area contributed by atoms with Gasteiger partial charge in [-0.3, -0.25) is 9.79 Å². The average Bonchev–Trinajstić information content (AvgIpc) is 3.06. The lowest BCUT2D eigenvalue weighted by Crippen LogP contribution is -2.48. The van der Waals surface area contributed by atoms with Gasteiger partial charge in [0, 0.05) is 37.1 Å². The van der Waals surface area contributed by atoms with Crippen molar-refractivity contribution in [1.82, 2.24) is 20.3 Å². The van der Waals surface area contributed by atoms with Gasteiger partial charge in [0.05, 0.1) is 12.8 Å². The summed E-state index contributed by atoms with van der Waals surface area (Å²) in [6.45, 7) is 8.11. The van der Waals surface area contributed by atoms with Crippen molar-refractivity contribution in [3.63, 3.8) is 0 Å². The van der Waals surface area contributed by atoms with Crippen molar-refractivity contribution in [2.45, 2.75) is 70.9 Å². The number of aliphatic imine (C=N–C) groups is 1. The second-order valence-corrected chi connectivity index (χ2v) is 10.5. The first-order valence-corrected chi connectivity index (χ1v) is 12.3. The maximum absolute atomic E-state index is 12.7. The fraction of sp³-hybridized carbons (Fsp3) is 0.895. The Morgan fingerprint density at radius 3 is 2.46 bits per heavy atom. The van der Waals surface area contributed by atoms with Crippen molar-refractivity contribution in [3.05, 3.63) is 0 Å². The highest BCUT2D eigenvalue weighted by Crippen LogP contribution is 2.26. The number of carbonyl (C=O) groups is 1. The van der Waals surface area contributed by atoms with Crippen molar-refractivity contribution < 1.29 is 13.2 Å². The van der Waals surface area contributed by atoms with Gasteiger partial charge >= 0.3 is 0 Å². The molecule has 0 aromatic heterocycles. The monoisotopic (exact) mass is 415 g/mol. The SMILES string of the molecule is CCNC(=NCC(C)(C)NS(C)(=O)=O)NC1CCN(C(=O)C2CCCCC2)C1. The normalized spacial score (nSPS) is 22.4. The minimum absolute atomic E-state index is 0.163. The molecule has 0 aromatic rings. The van der Waals surface area contributed by atoms with E-state index in [1.807, 2.05) is 11.8 Å². The Morgan fingerprint density at radius 2 is 1.86 bits per heavy atom. The first kappa shape index (κ1) is 22.9. The van der Waals surface area contributed by atoms with Gasteiger partial charge in [-0.1, -0.05) is 19.3 Å². The third-order valence-corrected chi connectivity index (χ3v) is 6.16. The molecular weight excluding hydrogens is 378 g/mol. The topological polar surface area (TPSA) is 103 Å². The standard InChI is InChI=1S/C19H37N5O3S/c1-5-20-18(21-14-19(2,3)23-28(4,26)27)22-16-11-12-24(13-16)17(25)15-9-7-6-8-10-15/h15-16,23H,5-14H2,1-4H3,(H2,20,21,22). The number of carbonyl (C=O) groups excluding carboxylic acids is 1. The summed E-state index contributed by atoms with van der Waals surface area (Å²) < 4.78 is 25.6. The minimum atomic E-state index is -3.30. The molecule has 1 aliphatic heterocycles. The molecule has 0 spiro atoms. The number of guanidine groups is 1. The number of likely N-dealkylation sites (tertiary alicyclic amines) is 1. The number of amides is 1. The largest absolute Gasteiger partial charge is 0.357 e. The smallest absolute Gasteiger partial charge is 0.225 e. The predicted octanol–water partition coefficient (Wildman–Crippen LogP) is 1.05. The maximum Gasteiger partial charge on any atom is 0.225 e. The van der Waals surface area contributed by atoms with E-state index in [1.165, 1.54) is 19.3 Å². The van der Waals surface area contributed by atoms with Crippen molar-refractivity contribution in [3.8, 4) is 0 Å². The molecule has 8 nitrogen and oxygen atoms in total. The zero-order chi connectivity index (χ0) is 20.8. The molecule has 1 saturated heterocycles. The van der Waals surface area contributed by atoms with Gasteiger partial charge in [0.1, 0.15) is 0 Å². The van der Waals surface area contributed by atoms with Crippen molar-refractivity contribution in [2.24, 2.45) is 10.9 Å². The van der Waals surface area contributed by atoms with Gasteiger partial charge in [0.25, 0.3) is 0 Å². The molecule has 1 amide bonds. The van der Waals surface area contributed by atoms with E-state index >= 15 is 0 Å². The lowest BCUT2D eigenvalue weighted by molar-refractivity contribution is -0.135. The Bertz CT molecular complexity index is 656. The molecule has 1 unspecified atom stereocenters. The molecule has 9 heteroatoms. The van der Waals surface area contributed by atoms with Crippen LogP contribution in [0.5, 0.6) is 0 Å². The molecule has 0 aromatic carbocycles. The van der Waals surface area contributed by atoms with Gasteiger partial charge in [-0.2, -0.15) is 0 Å². The second kappa shape index (κ2) is 9.91. The summed E-state index contributed by atoms with van der Waals surface area (Å²) in [5.41, 5.74) is -0.672. The lowest BCUT2D eigenvalue weighted by Gasteiger charge is -2.26. The Kier molecular flexibility index (Phi) is 8.12. The Labute approximate surface area is 170 Å². The van der Waals surface area contributed by atoms with Crippen molar-refractivity contribution in [2.75, 3.05) is 32.4 Å². The molecule has 2 fully saturated rings. The Hall–Kier alpha value is -1.35. The molecule has 28 heavy (non-hydrogen) atoms. The third kappa shape index (κ3) is 7.58. The Morgan fingerprint density at radius 1 is 1.18 bits per heavy atom. The van der Waals surface area contributed by atoms with Crippen LogP contribution in [-0.2, 0) is 14.8 Å². The number of nitrogens with zero attached hydrogens (tertiary/aromatic N) is 2. The second-order valence-electron chi connectivity index (χ2n) is 8.70. The number of hydrogen-bond donors (Lipinski definition) is 3. The fourth-order valence-electron chi connectivity index (χ4n) is 4.01. The van der Waals surface area contributed by atoms with Crippen LogP contribution in [0.1, 0.15) is 59.3 Å². The quantitative estimate of drug-likeness (QED) is 0.426. The molecule has 1 saturated carbocycles. The zero-order valence-corrected chi connectivity index (χ0v) is 18.6. The number of hydrogen-bond acceptors (Lipinski definition) is 4. The van der Waals surface area contributed by atoms with E-state index in [0.29, 0.717) is 31.5 Å². The Balaban J connectivity index is 1.90. The molecule has 2 aliphatic rings. The number of sulfonamides is 1. The van der Waals surface area contributed by atoms with E-state index in [1.54, 1.807) is 13.8 Å². The highest BCUT2D eigenvalue weighted by atomic mass is 32.2. The van der Waals surface area contributed by atoms with Crippen LogP contribution in [0.2, 0.25) is 0 Å². The van der Waals surface area contributed by atoms with Crippen LogP contribution in [0.3, 0.4) is 0 Å². The molecule has 0 radical (unpaired) electrons. The predicted molar refractivity (Wildman–Crippen MR) is 113 cm³/mol. The van der Waals surface area contributed by atoms with E-state index in [0.717, 1.165) is 32.1 Å². The summed E-state index contributed by atoms with van der Waals surface area (Å²) in [7, 11) is -3.30. The van der Waals surface area contributed by atoms with Gasteiger partial charge in [0.15, 0.2) is 5.96 Å². The highest BCUT2D eigenvalue weighted by molar-refractivity contribution is 7.88. The number of rotatable bonds is 7. The van der Waals surface area contributed by atoms with Crippen LogP contribution in [0.4, 0.5) is 0 Å². The van der Waals surface area contributed by atoms with Crippen LogP contribution in [0.25, 0.3) is 0 Å². The van der Waals surface area contributed by atoms with E-state index in [4.69, 9.17) is 0 Å². The van der Waals surface area contributed by atoms with E-state index in [9.17, 15) is 13.2 Å². The number of nitrogens with one attached hydrogen (secondary N) is 3. The lowest BCUT2D eigenvalue weighted by atomic mass is 9.88. The first-order valence-electron chi connectivity index (χ1n) is 10.4. The van der Waals surface area contributed by atoms with Gasteiger partial charge in [-0.15, -0.1) is 0 Å². The van der Waals surface area contributed by atoms with E-state index in [2.05, 4.69) is 20.3 Å². The van der Waals surface area contributed by atoms with Crippen LogP contribution < -0.4 is 15.4 Å². The molecule has 1 atom stereocenters. The van der Waals surface area contributed by atoms with Gasteiger partial charge in [-0.25, -0.2) is 13.1 Å². The molecule has 1 heterocycles. The van der Waals surface area contributed by atoms with Crippen molar-refractivity contribution in [1.29, 1.82) is 0 Å². The molecule has 162 valence electrons. The molecule has 0 bridgehead atoms. The summed E-state index contributed by atoms with van der Waals surface area (Å²) in [6, 6.07) is 0.163. The third-order valence-electron chi connectivity index (χ3n) is 5.23. The van der Waals surface area contributed by atoms with E-state index in [-0.39, 0.29) is 12.0 Å². The zero-order valence-electron chi connectivity index (χ0n) is 17.8. The van der Waals surface area contributed by atoms with Crippen molar-refractivity contribution >= 4 is 21.9 Å². The van der Waals surface area contributed by atoms with Crippen LogP contribution in [0, 0.1) is 5.92 Å². The maximum atomic E-state index is 12.7. The van der Waals surface area contributed by atoms with Crippen LogP contribution in [-0.4, -0.2) is 69.2 Å². The van der Waals surface area contributed by atoms with Gasteiger partial charge in [0.2, 0.25) is 15.9 Å². The summed E-state index contributed by atoms with van der Waals surface area (Å²) >= 11 is 0. The van der Waals surface area contributed by atoms with Gasteiger partial charge < -0.3 is 15.5 Å². The fourth-order valence-corrected chi connectivity index (χ4v) is 5.08. The molecular formula is C19H37N5O3S. The molecule has 1 aliphatic carbocycles. The van der Waals surface area contributed by atoms with E-state index < -0.39 is 15.6 Å². The first-order chi connectivity index (χ1) is 13.1. The average molecular weight is 416 g/mol. The summed E-state index contributed by atoms with van der Waals surface area (Å²) in [6.07, 6.45) is 7.69. The minimum Gasteiger partial charge on any atom is -0.357 e. The summed E-state index contributed by atoms with van der Waals surface area (Å²) in [4.78, 5) is 19.3. The highest BCUT2D eigenvalue weighted by Gasteiger charge is 2.32. The summed E-state index contributed by atoms with van der Waals surface area (Å²) in [5, 5.41) is 6.62. The van der Waals surface area contributed by atoms with Crippen LogP contribution >= 0.6 is 0 Å². The molecule has 2 rings (SSSR count). The molecule has 3 N–H and O–H groups in total. The summed E-state index contributed by atoms with van der Waals surface area (Å²) in [5.74, 6) is 1.17. The van der Waals surface area contributed by atoms with Crippen LogP contribution in [0.15, 0.2) is 4.99 Å². The van der Waals surface area contributed by atoms with Gasteiger partial charge in [-0.05, 0) is 40.0 Å².